The van der Waals surface area contributed by atoms with Crippen molar-refractivity contribution in [2.45, 2.75) is 24.4 Å². The number of nitrogens with one attached hydrogen (secondary N) is 2. The van der Waals surface area contributed by atoms with Gasteiger partial charge in [0.05, 0.1) is 14.1 Å². The molecule has 0 unspecified atom stereocenters. The van der Waals surface area contributed by atoms with Crippen LogP contribution in [-0.2, 0) is 17.9 Å². The lowest BCUT2D eigenvalue weighted by Crippen LogP contribution is -3.04. The van der Waals surface area contributed by atoms with Crippen molar-refractivity contribution in [2.75, 3.05) is 19.8 Å². The number of carbonyl (C=O) groups is 1. The molecule has 0 spiro atoms. The Bertz CT molecular complexity index is 614. The summed E-state index contributed by atoms with van der Waals surface area (Å²) in [5.74, 6) is 0.916. The van der Waals surface area contributed by atoms with Crippen LogP contribution >= 0.6 is 11.8 Å². The van der Waals surface area contributed by atoms with E-state index in [1.807, 2.05) is 24.3 Å². The monoisotopic (exact) mass is 329 g/mol. The molecule has 2 aromatic carbocycles. The van der Waals surface area contributed by atoms with Crippen molar-refractivity contribution in [1.82, 2.24) is 5.32 Å². The third-order valence-electron chi connectivity index (χ3n) is 3.48. The number of rotatable bonds is 8. The van der Waals surface area contributed by atoms with E-state index in [-0.39, 0.29) is 5.91 Å². The zero-order valence-corrected chi connectivity index (χ0v) is 14.7. The summed E-state index contributed by atoms with van der Waals surface area (Å²) in [7, 11) is 4.27. The summed E-state index contributed by atoms with van der Waals surface area (Å²) < 4.78 is 0. The van der Waals surface area contributed by atoms with Gasteiger partial charge in [0.1, 0.15) is 6.54 Å². The van der Waals surface area contributed by atoms with Gasteiger partial charge in [-0.05, 0) is 17.7 Å². The van der Waals surface area contributed by atoms with Gasteiger partial charge in [0, 0.05) is 29.2 Å². The maximum atomic E-state index is 12.0. The molecule has 4 heteroatoms. The molecular formula is C19H25N2OS+. The Kier molecular flexibility index (Phi) is 7.17. The minimum Gasteiger partial charge on any atom is -0.352 e. The zero-order chi connectivity index (χ0) is 16.5. The van der Waals surface area contributed by atoms with Gasteiger partial charge >= 0.3 is 0 Å². The average molecular weight is 329 g/mol. The van der Waals surface area contributed by atoms with Crippen molar-refractivity contribution in [3.8, 4) is 0 Å². The Morgan fingerprint density at radius 3 is 2.35 bits per heavy atom. The first-order valence-corrected chi connectivity index (χ1v) is 8.94. The highest BCUT2D eigenvalue weighted by atomic mass is 32.2. The summed E-state index contributed by atoms with van der Waals surface area (Å²) in [6.45, 7) is 1.58. The van der Waals surface area contributed by atoms with Gasteiger partial charge in [-0.3, -0.25) is 4.79 Å². The molecule has 2 aromatic rings. The third kappa shape index (κ3) is 6.47. The van der Waals surface area contributed by atoms with Crippen LogP contribution in [0.1, 0.15) is 17.5 Å². The van der Waals surface area contributed by atoms with Gasteiger partial charge in [-0.1, -0.05) is 42.5 Å². The fourth-order valence-electron chi connectivity index (χ4n) is 2.34. The molecule has 1 amide bonds. The molecule has 0 aromatic heterocycles. The number of hydrogen-bond acceptors (Lipinski definition) is 2. The largest absolute Gasteiger partial charge is 0.352 e. The predicted octanol–water partition coefficient (Wildman–Crippen LogP) is 2.13. The van der Waals surface area contributed by atoms with Crippen molar-refractivity contribution < 1.29 is 9.69 Å². The minimum absolute atomic E-state index is 0.112. The van der Waals surface area contributed by atoms with Gasteiger partial charge in [0.2, 0.25) is 5.91 Å². The lowest BCUT2D eigenvalue weighted by molar-refractivity contribution is -0.872. The molecule has 0 aliphatic heterocycles. The van der Waals surface area contributed by atoms with Gasteiger partial charge in [-0.2, -0.15) is 0 Å². The molecule has 0 saturated heterocycles. The number of thioether (sulfide) groups is 1. The highest BCUT2D eigenvalue weighted by molar-refractivity contribution is 7.99. The molecule has 0 bridgehead atoms. The molecule has 0 fully saturated rings. The lowest BCUT2D eigenvalue weighted by Gasteiger charge is -2.13. The summed E-state index contributed by atoms with van der Waals surface area (Å²) in [5, 5.41) is 3.04. The van der Waals surface area contributed by atoms with E-state index in [1.54, 1.807) is 11.8 Å². The van der Waals surface area contributed by atoms with E-state index >= 15 is 0 Å². The zero-order valence-electron chi connectivity index (χ0n) is 13.8. The first-order valence-electron chi connectivity index (χ1n) is 7.95. The summed E-state index contributed by atoms with van der Waals surface area (Å²) >= 11 is 1.72. The number of hydrogen-bond donors (Lipinski definition) is 2. The summed E-state index contributed by atoms with van der Waals surface area (Å²) in [6.07, 6.45) is 0.542. The van der Waals surface area contributed by atoms with Crippen LogP contribution in [0.3, 0.4) is 0 Å². The Morgan fingerprint density at radius 1 is 1.00 bits per heavy atom. The molecule has 0 saturated carbocycles. The molecule has 0 radical (unpaired) electrons. The first-order chi connectivity index (χ1) is 11.1. The summed E-state index contributed by atoms with van der Waals surface area (Å²) in [5.41, 5.74) is 2.50. The van der Waals surface area contributed by atoms with Crippen LogP contribution in [0, 0.1) is 0 Å². The molecule has 3 nitrogen and oxygen atoms in total. The van der Waals surface area contributed by atoms with Crippen molar-refractivity contribution >= 4 is 17.7 Å². The summed E-state index contributed by atoms with van der Waals surface area (Å²) in [6, 6.07) is 18.5. The van der Waals surface area contributed by atoms with E-state index in [4.69, 9.17) is 0 Å². The van der Waals surface area contributed by atoms with Crippen LogP contribution in [0.5, 0.6) is 0 Å². The fourth-order valence-corrected chi connectivity index (χ4v) is 3.22. The van der Waals surface area contributed by atoms with Crippen LogP contribution in [-0.4, -0.2) is 25.8 Å². The predicted molar refractivity (Wildman–Crippen MR) is 96.6 cm³/mol. The smallest absolute Gasteiger partial charge is 0.221 e. The van der Waals surface area contributed by atoms with E-state index in [1.165, 1.54) is 20.9 Å². The number of benzene rings is 2. The van der Waals surface area contributed by atoms with Crippen LogP contribution in [0.15, 0.2) is 59.5 Å². The molecule has 0 heterocycles. The van der Waals surface area contributed by atoms with Crippen molar-refractivity contribution in [2.24, 2.45) is 0 Å². The van der Waals surface area contributed by atoms with Gasteiger partial charge < -0.3 is 10.2 Å². The first kappa shape index (κ1) is 17.6. The molecule has 0 aliphatic carbocycles. The Labute approximate surface area is 143 Å². The maximum absolute atomic E-state index is 12.0. The van der Waals surface area contributed by atoms with E-state index in [2.05, 4.69) is 49.7 Å². The molecular weight excluding hydrogens is 304 g/mol. The molecule has 0 aliphatic rings. The normalized spacial score (nSPS) is 10.7. The van der Waals surface area contributed by atoms with Crippen molar-refractivity contribution in [3.63, 3.8) is 0 Å². The van der Waals surface area contributed by atoms with E-state index in [0.717, 1.165) is 12.3 Å². The van der Waals surface area contributed by atoms with E-state index in [0.29, 0.717) is 13.0 Å². The molecule has 122 valence electrons. The second-order valence-electron chi connectivity index (χ2n) is 5.84. The number of quaternary nitrogens is 1. The molecule has 0 atom stereocenters. The quantitative estimate of drug-likeness (QED) is 0.728. The number of amides is 1. The second-order valence-corrected chi connectivity index (χ2v) is 7.01. The highest BCUT2D eigenvalue weighted by Crippen LogP contribution is 2.17. The van der Waals surface area contributed by atoms with Crippen molar-refractivity contribution in [1.29, 1.82) is 0 Å². The fraction of sp³-hybridized carbons (Fsp3) is 0.316. The van der Waals surface area contributed by atoms with Crippen LogP contribution in [0.25, 0.3) is 0 Å². The van der Waals surface area contributed by atoms with Crippen LogP contribution in [0.4, 0.5) is 0 Å². The van der Waals surface area contributed by atoms with Crippen LogP contribution < -0.4 is 10.2 Å². The SMILES string of the molecule is C[NH+](C)Cc1ccccc1CNC(=O)CCSc1ccccc1. The topological polar surface area (TPSA) is 33.5 Å². The highest BCUT2D eigenvalue weighted by Gasteiger charge is 2.07. The third-order valence-corrected chi connectivity index (χ3v) is 4.49. The molecule has 2 rings (SSSR count). The standard InChI is InChI=1S/C19H24N2OS/c1-21(2)15-17-9-7-6-8-16(17)14-20-19(22)12-13-23-18-10-4-3-5-11-18/h3-11H,12-15H2,1-2H3,(H,20,22)/p+1. The second kappa shape index (κ2) is 9.38. The maximum Gasteiger partial charge on any atom is 0.221 e. The van der Waals surface area contributed by atoms with Crippen molar-refractivity contribution in [3.05, 3.63) is 65.7 Å². The lowest BCUT2D eigenvalue weighted by atomic mass is 10.1. The minimum atomic E-state index is 0.112. The Hall–Kier alpha value is -1.78. The molecule has 2 N–H and O–H groups in total. The Balaban J connectivity index is 1.76. The van der Waals surface area contributed by atoms with Crippen LogP contribution in [0.2, 0.25) is 0 Å². The average Bonchev–Trinajstić information content (AvgIpc) is 2.54. The van der Waals surface area contributed by atoms with E-state index in [9.17, 15) is 4.79 Å². The van der Waals surface area contributed by atoms with Gasteiger partial charge in [0.25, 0.3) is 0 Å². The van der Waals surface area contributed by atoms with Gasteiger partial charge in [-0.15, -0.1) is 11.8 Å². The van der Waals surface area contributed by atoms with Gasteiger partial charge in [0.15, 0.2) is 0 Å². The Morgan fingerprint density at radius 2 is 1.65 bits per heavy atom. The molecule has 23 heavy (non-hydrogen) atoms. The van der Waals surface area contributed by atoms with E-state index < -0.39 is 0 Å². The summed E-state index contributed by atoms with van der Waals surface area (Å²) in [4.78, 5) is 14.6. The number of carbonyl (C=O) groups excluding carboxylic acids is 1. The van der Waals surface area contributed by atoms with Gasteiger partial charge in [-0.25, -0.2) is 0 Å².